The molecule has 4 rings (SSSR count). The molecule has 1 N–H and O–H groups in total. The topological polar surface area (TPSA) is 75.7 Å². The monoisotopic (exact) mass is 458 g/mol. The third-order valence-corrected chi connectivity index (χ3v) is 7.51. The Balaban J connectivity index is 1.76. The summed E-state index contributed by atoms with van der Waals surface area (Å²) in [5.41, 5.74) is 2.24. The van der Waals surface area contributed by atoms with E-state index in [-0.39, 0.29) is 11.4 Å². The molecule has 0 aliphatic carbocycles. The van der Waals surface area contributed by atoms with Crippen LogP contribution in [0.4, 0.5) is 15.8 Å². The van der Waals surface area contributed by atoms with Crippen molar-refractivity contribution in [3.63, 3.8) is 0 Å². The van der Waals surface area contributed by atoms with Crippen molar-refractivity contribution >= 4 is 38.5 Å². The van der Waals surface area contributed by atoms with Crippen LogP contribution >= 0.6 is 11.3 Å². The van der Waals surface area contributed by atoms with E-state index in [0.717, 1.165) is 21.2 Å². The van der Waals surface area contributed by atoms with Crippen LogP contribution in [-0.2, 0) is 16.6 Å². The number of nitrogens with one attached hydrogen (secondary N) is 1. The highest BCUT2D eigenvalue weighted by Gasteiger charge is 2.41. The number of Topliss-reactive ketones (excluding diaryl/α,β-unsaturated/α-hetero) is 1. The Kier molecular flexibility index (Phi) is 5.55. The van der Waals surface area contributed by atoms with Crippen molar-refractivity contribution in [1.29, 1.82) is 0 Å². The average molecular weight is 459 g/mol. The van der Waals surface area contributed by atoms with Crippen molar-refractivity contribution in [2.45, 2.75) is 13.5 Å². The Labute approximate surface area is 183 Å². The van der Waals surface area contributed by atoms with E-state index < -0.39 is 21.6 Å². The molecule has 0 fully saturated rings. The Bertz CT molecular complexity index is 1300. The molecular weight excluding hydrogens is 439 g/mol. The second kappa shape index (κ2) is 8.16. The van der Waals surface area contributed by atoms with Crippen LogP contribution < -0.4 is 14.4 Å². The van der Waals surface area contributed by atoms with Crippen LogP contribution in [0.1, 0.15) is 20.8 Å². The maximum atomic E-state index is 13.6. The van der Waals surface area contributed by atoms with Crippen molar-refractivity contribution in [3.05, 3.63) is 86.8 Å². The van der Waals surface area contributed by atoms with Gasteiger partial charge in [-0.3, -0.25) is 9.10 Å². The molecule has 0 saturated heterocycles. The van der Waals surface area contributed by atoms with Crippen molar-refractivity contribution in [3.8, 4) is 5.75 Å². The highest BCUT2D eigenvalue weighted by molar-refractivity contribution is 7.97. The number of carbonyl (C=O) groups is 1. The van der Waals surface area contributed by atoms with Crippen LogP contribution in [0, 0.1) is 12.7 Å². The van der Waals surface area contributed by atoms with Crippen molar-refractivity contribution < 1.29 is 22.3 Å². The smallest absolute Gasteiger partial charge is 0.270 e. The van der Waals surface area contributed by atoms with E-state index in [1.807, 2.05) is 13.0 Å². The predicted octanol–water partition coefficient (Wildman–Crippen LogP) is 4.69. The molecule has 0 amide bonds. The van der Waals surface area contributed by atoms with Gasteiger partial charge in [-0.1, -0.05) is 18.2 Å². The Morgan fingerprint density at radius 2 is 2.00 bits per heavy atom. The van der Waals surface area contributed by atoms with Gasteiger partial charge < -0.3 is 10.1 Å². The number of fused-ring (bicyclic) bond motifs is 1. The standard InChI is InChI=1S/C22H19FN2O4S2/c1-14-6-7-19(29-2)17(10-14)24-12-20-21(26)22-18(8-9-30-22)25(31(20,27)28)13-15-4-3-5-16(23)11-15/h3-12,24H,13H2,1-2H3. The SMILES string of the molecule is COc1ccc(C)cc1NC=C1C(=O)c2sccc2N(Cc2cccc(F)c2)S1(=O)=O. The first-order valence-electron chi connectivity index (χ1n) is 9.32. The number of benzene rings is 2. The fraction of sp³-hybridized carbons (Fsp3) is 0.136. The van der Waals surface area contributed by atoms with Gasteiger partial charge in [0.05, 0.1) is 25.0 Å². The number of hydrogen-bond acceptors (Lipinski definition) is 6. The summed E-state index contributed by atoms with van der Waals surface area (Å²) in [6.07, 6.45) is 1.19. The summed E-state index contributed by atoms with van der Waals surface area (Å²) in [5, 5.41) is 4.57. The third-order valence-electron chi connectivity index (χ3n) is 4.84. The summed E-state index contributed by atoms with van der Waals surface area (Å²) in [6.45, 7) is 1.79. The third kappa shape index (κ3) is 3.94. The second-order valence-electron chi connectivity index (χ2n) is 6.96. The average Bonchev–Trinajstić information content (AvgIpc) is 3.21. The van der Waals surface area contributed by atoms with E-state index in [1.54, 1.807) is 29.6 Å². The molecular formula is C22H19FN2O4S2. The quantitative estimate of drug-likeness (QED) is 0.562. The zero-order chi connectivity index (χ0) is 22.2. The Morgan fingerprint density at radius 1 is 1.19 bits per heavy atom. The molecule has 1 aromatic heterocycles. The van der Waals surface area contributed by atoms with E-state index >= 15 is 0 Å². The molecule has 0 spiro atoms. The van der Waals surface area contributed by atoms with Crippen LogP contribution in [-0.4, -0.2) is 21.3 Å². The molecule has 31 heavy (non-hydrogen) atoms. The van der Waals surface area contributed by atoms with Gasteiger partial charge in [-0.2, -0.15) is 0 Å². The largest absolute Gasteiger partial charge is 0.495 e. The molecule has 160 valence electrons. The number of thiophene rings is 1. The van der Waals surface area contributed by atoms with Gasteiger partial charge in [-0.15, -0.1) is 11.3 Å². The second-order valence-corrected chi connectivity index (χ2v) is 9.71. The highest BCUT2D eigenvalue weighted by atomic mass is 32.2. The van der Waals surface area contributed by atoms with Gasteiger partial charge in [0.2, 0.25) is 5.78 Å². The number of methoxy groups -OCH3 is 1. The van der Waals surface area contributed by atoms with Gasteiger partial charge in [-0.05, 0) is 53.8 Å². The first kappa shape index (κ1) is 21.1. The number of nitrogens with zero attached hydrogens (tertiary/aromatic N) is 1. The van der Waals surface area contributed by atoms with Crippen molar-refractivity contribution in [1.82, 2.24) is 0 Å². The van der Waals surface area contributed by atoms with E-state index in [2.05, 4.69) is 5.32 Å². The van der Waals surface area contributed by atoms with Gasteiger partial charge >= 0.3 is 0 Å². The van der Waals surface area contributed by atoms with Crippen molar-refractivity contribution in [2.75, 3.05) is 16.7 Å². The summed E-state index contributed by atoms with van der Waals surface area (Å²) in [6, 6.07) is 12.7. The van der Waals surface area contributed by atoms with Crippen LogP contribution in [0.2, 0.25) is 0 Å². The maximum absolute atomic E-state index is 13.6. The molecule has 3 aromatic rings. The number of sulfonamides is 1. The molecule has 0 radical (unpaired) electrons. The van der Waals surface area contributed by atoms with E-state index in [0.29, 0.717) is 27.6 Å². The number of ketones is 1. The fourth-order valence-corrected chi connectivity index (χ4v) is 5.82. The molecule has 0 bridgehead atoms. The number of hydrogen-bond donors (Lipinski definition) is 1. The number of carbonyl (C=O) groups excluding carboxylic acids is 1. The zero-order valence-electron chi connectivity index (χ0n) is 16.8. The molecule has 0 unspecified atom stereocenters. The summed E-state index contributed by atoms with van der Waals surface area (Å²) < 4.78 is 46.9. The molecule has 6 nitrogen and oxygen atoms in total. The normalized spacial score (nSPS) is 16.3. The van der Waals surface area contributed by atoms with E-state index in [9.17, 15) is 17.6 Å². The molecule has 0 atom stereocenters. The lowest BCUT2D eigenvalue weighted by Gasteiger charge is -2.29. The summed E-state index contributed by atoms with van der Waals surface area (Å²) in [5.74, 6) is -0.534. The molecule has 2 aromatic carbocycles. The van der Waals surface area contributed by atoms with Crippen molar-refractivity contribution in [2.24, 2.45) is 0 Å². The first-order valence-corrected chi connectivity index (χ1v) is 11.6. The molecule has 1 aliphatic rings. The van der Waals surface area contributed by atoms with Crippen LogP contribution in [0.5, 0.6) is 5.75 Å². The van der Waals surface area contributed by atoms with Crippen LogP contribution in [0.25, 0.3) is 0 Å². The number of aryl methyl sites for hydroxylation is 1. The van der Waals surface area contributed by atoms with Gasteiger partial charge in [0.15, 0.2) is 4.91 Å². The number of anilines is 2. The number of allylic oxidation sites excluding steroid dienone is 1. The van der Waals surface area contributed by atoms with Crippen LogP contribution in [0.15, 0.2) is 65.0 Å². The molecule has 2 heterocycles. The molecule has 1 aliphatic heterocycles. The Hall–Kier alpha value is -3.17. The van der Waals surface area contributed by atoms with Gasteiger partial charge in [-0.25, -0.2) is 12.8 Å². The number of halogens is 1. The molecule has 9 heteroatoms. The number of rotatable bonds is 5. The minimum atomic E-state index is -4.18. The predicted molar refractivity (Wildman–Crippen MR) is 120 cm³/mol. The summed E-state index contributed by atoms with van der Waals surface area (Å²) in [7, 11) is -2.68. The van der Waals surface area contributed by atoms with Gasteiger partial charge in [0.1, 0.15) is 16.4 Å². The lowest BCUT2D eigenvalue weighted by Crippen LogP contribution is -2.38. The van der Waals surface area contributed by atoms with E-state index in [1.165, 1.54) is 31.5 Å². The minimum Gasteiger partial charge on any atom is -0.495 e. The van der Waals surface area contributed by atoms with Gasteiger partial charge in [0, 0.05) is 6.20 Å². The maximum Gasteiger partial charge on any atom is 0.270 e. The minimum absolute atomic E-state index is 0.0950. The summed E-state index contributed by atoms with van der Waals surface area (Å²) >= 11 is 1.16. The lowest BCUT2D eigenvalue weighted by molar-refractivity contribution is 0.104. The van der Waals surface area contributed by atoms with Gasteiger partial charge in [0.25, 0.3) is 10.0 Å². The molecule has 0 saturated carbocycles. The van der Waals surface area contributed by atoms with Crippen LogP contribution in [0.3, 0.4) is 0 Å². The van der Waals surface area contributed by atoms with E-state index in [4.69, 9.17) is 4.74 Å². The zero-order valence-corrected chi connectivity index (χ0v) is 18.4. The summed E-state index contributed by atoms with van der Waals surface area (Å²) in [4.78, 5) is 12.9. The highest BCUT2D eigenvalue weighted by Crippen LogP contribution is 2.39. The lowest BCUT2D eigenvalue weighted by atomic mass is 10.2. The fourth-order valence-electron chi connectivity index (χ4n) is 3.34. The first-order chi connectivity index (χ1) is 14.8. The number of ether oxygens (including phenoxy) is 1. The Morgan fingerprint density at radius 3 is 2.74 bits per heavy atom.